The molecule has 3 heterocycles. The molecule has 14 nitrogen and oxygen atoms in total. The minimum atomic E-state index is -1.17. The number of nitrogens with one attached hydrogen (secondary N) is 3. The molecule has 14 heteroatoms. The van der Waals surface area contributed by atoms with Crippen LogP contribution in [0.4, 0.5) is 4.79 Å². The number of esters is 1. The SMILES string of the molecule is CC[C@H]1OC(=O)C(C)C(=O)[C@H](C)[C@@H](OC2OC(CNCC(C)(C)O)CC(N(C)C)C2O)[C@](C)(OC)C[C@@H](C)CN[C@H](C)[C@H]2NC(=O)O[C@@]21C. The summed E-state index contributed by atoms with van der Waals surface area (Å²) in [6.45, 7) is 17.4. The van der Waals surface area contributed by atoms with Crippen molar-refractivity contribution < 1.29 is 48.3 Å². The van der Waals surface area contributed by atoms with Gasteiger partial charge in [0.25, 0.3) is 0 Å². The topological polar surface area (TPSA) is 177 Å². The Morgan fingerprint density at radius 2 is 1.78 bits per heavy atom. The van der Waals surface area contributed by atoms with Crippen molar-refractivity contribution >= 4 is 17.8 Å². The molecule has 13 atom stereocenters. The highest BCUT2D eigenvalue weighted by Crippen LogP contribution is 2.37. The van der Waals surface area contributed by atoms with Crippen molar-refractivity contribution in [2.75, 3.05) is 40.8 Å². The van der Waals surface area contributed by atoms with Gasteiger partial charge in [-0.25, -0.2) is 4.79 Å². The van der Waals surface area contributed by atoms with E-state index in [0.717, 1.165) is 0 Å². The van der Waals surface area contributed by atoms with Crippen molar-refractivity contribution in [1.82, 2.24) is 20.9 Å². The second kappa shape index (κ2) is 16.6. The van der Waals surface area contributed by atoms with E-state index in [2.05, 4.69) is 22.9 Å². The molecule has 1 amide bonds. The number of aliphatic hydroxyl groups excluding tert-OH is 1. The smallest absolute Gasteiger partial charge is 0.408 e. The molecule has 284 valence electrons. The van der Waals surface area contributed by atoms with E-state index in [1.807, 2.05) is 39.8 Å². The van der Waals surface area contributed by atoms with E-state index < -0.39 is 77.1 Å². The monoisotopic (exact) mass is 700 g/mol. The number of likely N-dealkylation sites (N-methyl/N-ethyl adjacent to an activating group) is 1. The summed E-state index contributed by atoms with van der Waals surface area (Å²) in [5.74, 6) is -3.20. The van der Waals surface area contributed by atoms with Crippen molar-refractivity contribution in [1.29, 1.82) is 0 Å². The van der Waals surface area contributed by atoms with Crippen LogP contribution in [-0.4, -0.2) is 139 Å². The third-order valence-corrected chi connectivity index (χ3v) is 10.6. The predicted octanol–water partition coefficient (Wildman–Crippen LogP) is 1.59. The molecule has 5 N–H and O–H groups in total. The van der Waals surface area contributed by atoms with E-state index in [1.54, 1.807) is 34.8 Å². The average molecular weight is 701 g/mol. The van der Waals surface area contributed by atoms with Crippen LogP contribution < -0.4 is 16.0 Å². The highest BCUT2D eigenvalue weighted by atomic mass is 16.7. The van der Waals surface area contributed by atoms with E-state index in [1.165, 1.54) is 6.92 Å². The molecule has 3 fully saturated rings. The van der Waals surface area contributed by atoms with Gasteiger partial charge in [0.05, 0.1) is 29.5 Å². The lowest BCUT2D eigenvalue weighted by molar-refractivity contribution is -0.297. The van der Waals surface area contributed by atoms with Crippen LogP contribution in [0, 0.1) is 17.8 Å². The average Bonchev–Trinajstić information content (AvgIpc) is 3.34. The van der Waals surface area contributed by atoms with Crippen LogP contribution in [0.1, 0.15) is 81.6 Å². The van der Waals surface area contributed by atoms with Crippen molar-refractivity contribution in [2.24, 2.45) is 17.8 Å². The number of rotatable bonds is 9. The molecular weight excluding hydrogens is 636 g/mol. The Hall–Kier alpha value is -1.91. The number of fused-ring (bicyclic) bond motifs is 1. The Morgan fingerprint density at radius 3 is 2.35 bits per heavy atom. The first kappa shape index (κ1) is 41.5. The number of hydrogen-bond acceptors (Lipinski definition) is 13. The molecule has 3 rings (SSSR count). The molecule has 49 heavy (non-hydrogen) atoms. The van der Waals surface area contributed by atoms with E-state index >= 15 is 0 Å². The Kier molecular flexibility index (Phi) is 14.1. The van der Waals surface area contributed by atoms with Crippen LogP contribution in [0.2, 0.25) is 0 Å². The number of nitrogens with zero attached hydrogens (tertiary/aromatic N) is 1. The number of Topliss-reactive ketones (excluding diaryl/α,β-unsaturated/α-hetero) is 1. The maximum atomic E-state index is 14.2. The number of aliphatic hydroxyl groups is 2. The van der Waals surface area contributed by atoms with Crippen LogP contribution in [0.5, 0.6) is 0 Å². The molecule has 5 unspecified atom stereocenters. The fourth-order valence-electron chi connectivity index (χ4n) is 7.69. The standard InChI is InChI=1S/C35H64N4O10/c1-13-25-35(9)28(38-32(43)49-35)22(5)37-16-19(2)15-34(8,45-12)29(20(3)26(40)21(4)30(42)47-25)48-31-27(41)24(39(10)11)14-23(46-31)17-36-18-33(6,7)44/h19-25,27-29,31,36-37,41,44H,13-18H2,1-12H3,(H,38,43)/t19-,20+,21?,22-,23?,24?,25-,27?,28-,29-,31?,34-,35-/m1/s1. The number of cyclic esters (lactones) is 1. The zero-order chi connectivity index (χ0) is 37.1. The van der Waals surface area contributed by atoms with Crippen molar-refractivity contribution in [2.45, 2.75) is 147 Å². The van der Waals surface area contributed by atoms with Gasteiger partial charge in [-0.15, -0.1) is 0 Å². The molecule has 3 saturated heterocycles. The summed E-state index contributed by atoms with van der Waals surface area (Å²) in [5.41, 5.74) is -3.15. The largest absolute Gasteiger partial charge is 0.458 e. The van der Waals surface area contributed by atoms with Crippen LogP contribution in [0.3, 0.4) is 0 Å². The maximum Gasteiger partial charge on any atom is 0.408 e. The van der Waals surface area contributed by atoms with E-state index in [0.29, 0.717) is 38.9 Å². The summed E-state index contributed by atoms with van der Waals surface area (Å²) in [6, 6.07) is -1.08. The van der Waals surface area contributed by atoms with Gasteiger partial charge >= 0.3 is 12.1 Å². The van der Waals surface area contributed by atoms with Gasteiger partial charge in [-0.3, -0.25) is 9.59 Å². The number of ketones is 1. The second-order valence-electron chi connectivity index (χ2n) is 15.8. The van der Waals surface area contributed by atoms with Gasteiger partial charge < -0.3 is 54.7 Å². The number of amides is 1. The molecule has 0 bridgehead atoms. The summed E-state index contributed by atoms with van der Waals surface area (Å²) in [6.07, 6.45) is -3.55. The highest BCUT2D eigenvalue weighted by Gasteiger charge is 2.55. The fraction of sp³-hybridized carbons (Fsp3) is 0.914. The molecular formula is C35H64N4O10. The number of alkyl carbamates (subject to hydrolysis) is 1. The first-order chi connectivity index (χ1) is 22.7. The zero-order valence-corrected chi connectivity index (χ0v) is 31.7. The van der Waals surface area contributed by atoms with Crippen LogP contribution in [0.25, 0.3) is 0 Å². The number of hydrogen-bond donors (Lipinski definition) is 5. The van der Waals surface area contributed by atoms with Gasteiger partial charge in [0.15, 0.2) is 17.7 Å². The summed E-state index contributed by atoms with van der Waals surface area (Å²) in [5, 5.41) is 31.4. The van der Waals surface area contributed by atoms with Crippen LogP contribution in [0.15, 0.2) is 0 Å². The quantitative estimate of drug-likeness (QED) is 0.173. The van der Waals surface area contributed by atoms with Crippen molar-refractivity contribution in [3.8, 4) is 0 Å². The molecule has 0 aliphatic carbocycles. The third kappa shape index (κ3) is 9.91. The first-order valence-electron chi connectivity index (χ1n) is 17.8. The van der Waals surface area contributed by atoms with Crippen molar-refractivity contribution in [3.63, 3.8) is 0 Å². The summed E-state index contributed by atoms with van der Waals surface area (Å²) in [7, 11) is 5.32. The molecule has 0 aromatic heterocycles. The Balaban J connectivity index is 2.00. The lowest BCUT2D eigenvalue weighted by Gasteiger charge is -2.47. The maximum absolute atomic E-state index is 14.2. The molecule has 3 aliphatic rings. The minimum Gasteiger partial charge on any atom is -0.458 e. The van der Waals surface area contributed by atoms with Crippen LogP contribution in [-0.2, 0) is 33.3 Å². The molecule has 0 aromatic rings. The highest BCUT2D eigenvalue weighted by molar-refractivity contribution is 6.00. The third-order valence-electron chi connectivity index (χ3n) is 10.6. The number of carbonyl (C=O) groups is 3. The van der Waals surface area contributed by atoms with Crippen LogP contribution >= 0.6 is 0 Å². The van der Waals surface area contributed by atoms with Gasteiger partial charge in [0.2, 0.25) is 0 Å². The lowest BCUT2D eigenvalue weighted by Crippen LogP contribution is -2.60. The minimum absolute atomic E-state index is 0.00186. The van der Waals surface area contributed by atoms with Gasteiger partial charge in [-0.1, -0.05) is 20.8 Å². The van der Waals surface area contributed by atoms with E-state index in [9.17, 15) is 24.6 Å². The molecule has 3 aliphatic heterocycles. The Morgan fingerprint density at radius 1 is 1.12 bits per heavy atom. The fourth-order valence-corrected chi connectivity index (χ4v) is 7.69. The predicted molar refractivity (Wildman–Crippen MR) is 183 cm³/mol. The number of carbonyl (C=O) groups excluding carboxylic acids is 3. The zero-order valence-electron chi connectivity index (χ0n) is 31.7. The molecule has 0 spiro atoms. The molecule has 0 saturated carbocycles. The summed E-state index contributed by atoms with van der Waals surface area (Å²) < 4.78 is 31.0. The molecule has 0 radical (unpaired) electrons. The number of ether oxygens (including phenoxy) is 5. The summed E-state index contributed by atoms with van der Waals surface area (Å²) in [4.78, 5) is 42.3. The van der Waals surface area contributed by atoms with Gasteiger partial charge in [0.1, 0.15) is 18.1 Å². The van der Waals surface area contributed by atoms with Gasteiger partial charge in [0, 0.05) is 38.2 Å². The first-order valence-corrected chi connectivity index (χ1v) is 17.8. The van der Waals surface area contributed by atoms with E-state index in [4.69, 9.17) is 23.7 Å². The normalized spacial score (nSPS) is 41.7. The second-order valence-corrected chi connectivity index (χ2v) is 15.8. The Bertz CT molecular complexity index is 1140. The van der Waals surface area contributed by atoms with Gasteiger partial charge in [-0.05, 0) is 87.4 Å². The summed E-state index contributed by atoms with van der Waals surface area (Å²) >= 11 is 0. The van der Waals surface area contributed by atoms with E-state index in [-0.39, 0.29) is 24.1 Å². The number of methoxy groups -OCH3 is 1. The lowest BCUT2D eigenvalue weighted by atomic mass is 9.78. The van der Waals surface area contributed by atoms with Gasteiger partial charge in [-0.2, -0.15) is 0 Å². The Labute approximate surface area is 292 Å². The molecule has 0 aromatic carbocycles. The van der Waals surface area contributed by atoms with Crippen molar-refractivity contribution in [3.05, 3.63) is 0 Å².